The van der Waals surface area contributed by atoms with E-state index in [1.165, 1.54) is 0 Å². The van der Waals surface area contributed by atoms with Crippen molar-refractivity contribution in [2.24, 2.45) is 11.8 Å². The van der Waals surface area contributed by atoms with Crippen LogP contribution in [0.25, 0.3) is 0 Å². The molecule has 1 aliphatic rings. The fourth-order valence-electron chi connectivity index (χ4n) is 2.46. The number of carbonyl (C=O) groups is 1. The molecule has 1 heterocycles. The quantitative estimate of drug-likeness (QED) is 0.335. The van der Waals surface area contributed by atoms with Gasteiger partial charge in [-0.2, -0.15) is 0 Å². The lowest BCUT2D eigenvalue weighted by atomic mass is 9.85. The minimum Gasteiger partial charge on any atom is -0.463 e. The molecule has 2 rings (SSSR count). The van der Waals surface area contributed by atoms with Gasteiger partial charge >= 0.3 is 5.97 Å². The fourth-order valence-corrected chi connectivity index (χ4v) is 2.46. The van der Waals surface area contributed by atoms with Crippen molar-refractivity contribution in [3.05, 3.63) is 48.6 Å². The summed E-state index contributed by atoms with van der Waals surface area (Å²) < 4.78 is 16.4. The van der Waals surface area contributed by atoms with Gasteiger partial charge in [0.2, 0.25) is 0 Å². The molecular weight excluding hydrogens is 268 g/mol. The maximum absolute atomic E-state index is 11.7. The van der Waals surface area contributed by atoms with Crippen molar-refractivity contribution in [2.75, 3.05) is 13.4 Å². The Morgan fingerprint density at radius 3 is 2.86 bits per heavy atom. The average molecular weight is 290 g/mol. The van der Waals surface area contributed by atoms with Crippen LogP contribution in [-0.2, 0) is 25.6 Å². The first-order valence-corrected chi connectivity index (χ1v) is 7.23. The lowest BCUT2D eigenvalue weighted by molar-refractivity contribution is -0.184. The molecule has 0 amide bonds. The van der Waals surface area contributed by atoms with Gasteiger partial charge in [0.05, 0.1) is 18.6 Å². The van der Waals surface area contributed by atoms with Gasteiger partial charge in [-0.05, 0) is 17.9 Å². The second kappa shape index (κ2) is 7.96. The number of ether oxygens (including phenoxy) is 3. The van der Waals surface area contributed by atoms with Gasteiger partial charge in [0, 0.05) is 0 Å². The maximum atomic E-state index is 11.7. The molecular formula is C17H22O4. The van der Waals surface area contributed by atoms with E-state index in [1.54, 1.807) is 6.08 Å². The third-order valence-corrected chi connectivity index (χ3v) is 3.81. The Hall–Kier alpha value is -1.65. The van der Waals surface area contributed by atoms with Crippen LogP contribution < -0.4 is 0 Å². The molecule has 0 saturated carbocycles. The molecule has 114 valence electrons. The molecule has 4 heteroatoms. The highest BCUT2D eigenvalue weighted by molar-refractivity contribution is 5.73. The summed E-state index contributed by atoms with van der Waals surface area (Å²) in [6, 6.07) is 9.93. The van der Waals surface area contributed by atoms with Crippen molar-refractivity contribution >= 4 is 5.97 Å². The fraction of sp³-hybridized carbons (Fsp3) is 0.471. The van der Waals surface area contributed by atoms with Crippen molar-refractivity contribution in [3.8, 4) is 0 Å². The number of hydrogen-bond donors (Lipinski definition) is 0. The summed E-state index contributed by atoms with van der Waals surface area (Å²) in [5, 5.41) is 0. The van der Waals surface area contributed by atoms with E-state index >= 15 is 0 Å². The van der Waals surface area contributed by atoms with E-state index in [1.807, 2.05) is 37.3 Å². The Kier molecular flexibility index (Phi) is 5.96. The van der Waals surface area contributed by atoms with Crippen LogP contribution in [0.15, 0.2) is 43.0 Å². The van der Waals surface area contributed by atoms with Crippen LogP contribution in [0.1, 0.15) is 18.9 Å². The molecule has 0 unspecified atom stereocenters. The summed E-state index contributed by atoms with van der Waals surface area (Å²) >= 11 is 0. The van der Waals surface area contributed by atoms with E-state index in [-0.39, 0.29) is 30.7 Å². The minimum atomic E-state index is -0.171. The number of allylic oxidation sites excluding steroid dienone is 1. The Balaban J connectivity index is 1.75. The second-order valence-electron chi connectivity index (χ2n) is 5.28. The van der Waals surface area contributed by atoms with Gasteiger partial charge in [-0.15, -0.1) is 6.58 Å². The van der Waals surface area contributed by atoms with E-state index in [4.69, 9.17) is 14.2 Å². The van der Waals surface area contributed by atoms with Crippen molar-refractivity contribution < 1.29 is 19.0 Å². The highest BCUT2D eigenvalue weighted by Gasteiger charge is 2.37. The van der Waals surface area contributed by atoms with Crippen LogP contribution in [0.3, 0.4) is 0 Å². The first kappa shape index (κ1) is 15.7. The molecule has 0 aromatic heterocycles. The van der Waals surface area contributed by atoms with E-state index in [0.717, 1.165) is 5.56 Å². The molecule has 0 bridgehead atoms. The van der Waals surface area contributed by atoms with Crippen molar-refractivity contribution in [1.29, 1.82) is 0 Å². The summed E-state index contributed by atoms with van der Waals surface area (Å²) in [4.78, 5) is 11.7. The zero-order valence-electron chi connectivity index (χ0n) is 12.4. The number of esters is 1. The molecule has 1 aromatic carbocycles. The predicted octanol–water partition coefficient (Wildman–Crippen LogP) is 2.93. The summed E-state index contributed by atoms with van der Waals surface area (Å²) in [6.45, 7) is 6.70. The average Bonchev–Trinajstić information content (AvgIpc) is 2.51. The zero-order valence-corrected chi connectivity index (χ0v) is 12.4. The van der Waals surface area contributed by atoms with Crippen LogP contribution in [-0.4, -0.2) is 25.5 Å². The Labute approximate surface area is 125 Å². The number of carbonyl (C=O) groups excluding carboxylic acids is 1. The Morgan fingerprint density at radius 1 is 1.38 bits per heavy atom. The van der Waals surface area contributed by atoms with E-state index in [9.17, 15) is 4.79 Å². The highest BCUT2D eigenvalue weighted by Crippen LogP contribution is 2.28. The van der Waals surface area contributed by atoms with Crippen molar-refractivity contribution in [3.63, 3.8) is 0 Å². The predicted molar refractivity (Wildman–Crippen MR) is 79.4 cm³/mol. The summed E-state index contributed by atoms with van der Waals surface area (Å²) in [6.07, 6.45) is 2.24. The largest absolute Gasteiger partial charge is 0.463 e. The third kappa shape index (κ3) is 4.41. The smallest absolute Gasteiger partial charge is 0.309 e. The van der Waals surface area contributed by atoms with Crippen molar-refractivity contribution in [1.82, 2.24) is 0 Å². The molecule has 0 radical (unpaired) electrons. The molecule has 1 aliphatic heterocycles. The monoisotopic (exact) mass is 290 g/mol. The van der Waals surface area contributed by atoms with Gasteiger partial charge in [-0.1, -0.05) is 43.3 Å². The third-order valence-electron chi connectivity index (χ3n) is 3.81. The summed E-state index contributed by atoms with van der Waals surface area (Å²) in [5.41, 5.74) is 1.11. The Bertz CT molecular complexity index is 457. The van der Waals surface area contributed by atoms with E-state index in [2.05, 4.69) is 6.58 Å². The number of hydrogen-bond acceptors (Lipinski definition) is 4. The topological polar surface area (TPSA) is 44.8 Å². The van der Waals surface area contributed by atoms with Gasteiger partial charge in [-0.3, -0.25) is 4.79 Å². The van der Waals surface area contributed by atoms with Gasteiger partial charge in [-0.25, -0.2) is 0 Å². The maximum Gasteiger partial charge on any atom is 0.309 e. The molecule has 4 nitrogen and oxygen atoms in total. The molecule has 0 spiro atoms. The second-order valence-corrected chi connectivity index (χ2v) is 5.28. The van der Waals surface area contributed by atoms with Crippen LogP contribution in [0.5, 0.6) is 0 Å². The molecule has 3 atom stereocenters. The number of cyclic esters (lactones) is 1. The molecule has 1 saturated heterocycles. The van der Waals surface area contributed by atoms with Crippen molar-refractivity contribution in [2.45, 2.75) is 26.1 Å². The molecule has 0 aliphatic carbocycles. The summed E-state index contributed by atoms with van der Waals surface area (Å²) in [5.74, 6) is -0.229. The van der Waals surface area contributed by atoms with Gasteiger partial charge in [0.25, 0.3) is 0 Å². The van der Waals surface area contributed by atoms with Crippen LogP contribution in [0, 0.1) is 11.8 Å². The first-order chi connectivity index (χ1) is 10.2. The van der Waals surface area contributed by atoms with Crippen LogP contribution in [0.2, 0.25) is 0 Å². The molecule has 21 heavy (non-hydrogen) atoms. The SMILES string of the molecule is C=CC[C@@H]1C(=O)OC[C@@H](OCOCc2ccccc2)[C@H]1C. The van der Waals surface area contributed by atoms with Crippen LogP contribution >= 0.6 is 0 Å². The number of rotatable bonds is 7. The van der Waals surface area contributed by atoms with E-state index < -0.39 is 0 Å². The normalized spacial score (nSPS) is 25.4. The molecule has 1 aromatic rings. The van der Waals surface area contributed by atoms with Crippen LogP contribution in [0.4, 0.5) is 0 Å². The Morgan fingerprint density at radius 2 is 2.14 bits per heavy atom. The summed E-state index contributed by atoms with van der Waals surface area (Å²) in [7, 11) is 0. The van der Waals surface area contributed by atoms with Gasteiger partial charge in [0.1, 0.15) is 13.4 Å². The molecule has 0 N–H and O–H groups in total. The standard InChI is InChI=1S/C17H22O4/c1-3-7-15-13(2)16(11-20-17(15)18)21-12-19-10-14-8-5-4-6-9-14/h3-6,8-9,13,15-16H,1,7,10-12H2,2H3/t13-,15-,16+/m0/s1. The number of benzene rings is 1. The molecule has 1 fully saturated rings. The van der Waals surface area contributed by atoms with Gasteiger partial charge < -0.3 is 14.2 Å². The lowest BCUT2D eigenvalue weighted by Gasteiger charge is -2.33. The lowest BCUT2D eigenvalue weighted by Crippen LogP contribution is -2.43. The van der Waals surface area contributed by atoms with E-state index in [0.29, 0.717) is 19.6 Å². The van der Waals surface area contributed by atoms with Gasteiger partial charge in [0.15, 0.2) is 0 Å². The highest BCUT2D eigenvalue weighted by atomic mass is 16.7. The minimum absolute atomic E-state index is 0.101. The first-order valence-electron chi connectivity index (χ1n) is 7.23. The zero-order chi connectivity index (χ0) is 15.1.